The Bertz CT molecular complexity index is 774. The van der Waals surface area contributed by atoms with Crippen molar-refractivity contribution in [2.24, 2.45) is 11.3 Å². The molecule has 1 aliphatic rings. The van der Waals surface area contributed by atoms with E-state index < -0.39 is 5.97 Å². The number of carbonyl (C=O) groups is 2. The number of nitrogens with one attached hydrogen (secondary N) is 1. The van der Waals surface area contributed by atoms with Crippen LogP contribution in [0.1, 0.15) is 49.9 Å². The Hall–Kier alpha value is -2.21. The van der Waals surface area contributed by atoms with Gasteiger partial charge in [0.1, 0.15) is 10.8 Å². The molecule has 1 aromatic carbocycles. The van der Waals surface area contributed by atoms with Crippen molar-refractivity contribution >= 4 is 29.0 Å². The van der Waals surface area contributed by atoms with Gasteiger partial charge in [-0.05, 0) is 30.9 Å². The number of hydrogen-bond acceptors (Lipinski definition) is 4. The number of carboxylic acids is 1. The summed E-state index contributed by atoms with van der Waals surface area (Å²) in [5, 5.41) is 14.5. The lowest BCUT2D eigenvalue weighted by Crippen LogP contribution is -2.38. The van der Waals surface area contributed by atoms with Crippen LogP contribution in [0.5, 0.6) is 0 Å². The van der Waals surface area contributed by atoms with E-state index in [1.807, 2.05) is 5.38 Å². The molecule has 0 atom stereocenters. The molecule has 0 aliphatic heterocycles. The van der Waals surface area contributed by atoms with E-state index in [2.05, 4.69) is 24.1 Å². The molecule has 25 heavy (non-hydrogen) atoms. The fourth-order valence-corrected chi connectivity index (χ4v) is 4.29. The number of thiazole rings is 1. The standard InChI is InChI=1S/C19H22N2O3S/c1-12(2)19(9-3-4-10-19)18(24)21-15-11-25-16(20-15)13-5-7-14(8-6-13)17(22)23/h5-8,11-12H,3-4,9-10H2,1-2H3,(H,21,24)(H,22,23). The number of carboxylic acid groups (broad SMARTS) is 1. The first-order valence-electron chi connectivity index (χ1n) is 8.53. The highest BCUT2D eigenvalue weighted by Crippen LogP contribution is 2.45. The van der Waals surface area contributed by atoms with Gasteiger partial charge in [-0.2, -0.15) is 0 Å². The molecule has 2 N–H and O–H groups in total. The molecule has 6 heteroatoms. The van der Waals surface area contributed by atoms with Gasteiger partial charge in [0.15, 0.2) is 0 Å². The Balaban J connectivity index is 1.75. The first-order chi connectivity index (χ1) is 11.9. The van der Waals surface area contributed by atoms with E-state index in [1.165, 1.54) is 11.3 Å². The molecular weight excluding hydrogens is 336 g/mol. The van der Waals surface area contributed by atoms with Crippen molar-refractivity contribution in [1.82, 2.24) is 4.98 Å². The third kappa shape index (κ3) is 3.44. The average Bonchev–Trinajstić information content (AvgIpc) is 3.25. The summed E-state index contributed by atoms with van der Waals surface area (Å²) in [6.07, 6.45) is 4.07. The van der Waals surface area contributed by atoms with Gasteiger partial charge in [-0.3, -0.25) is 4.79 Å². The highest BCUT2D eigenvalue weighted by molar-refractivity contribution is 7.13. The fourth-order valence-electron chi connectivity index (χ4n) is 3.53. The van der Waals surface area contributed by atoms with Crippen LogP contribution in [-0.2, 0) is 4.79 Å². The van der Waals surface area contributed by atoms with Gasteiger partial charge in [0.05, 0.1) is 11.0 Å². The monoisotopic (exact) mass is 358 g/mol. The molecule has 1 aliphatic carbocycles. The summed E-state index contributed by atoms with van der Waals surface area (Å²) in [5.41, 5.74) is 0.802. The van der Waals surface area contributed by atoms with Gasteiger partial charge in [-0.1, -0.05) is 38.8 Å². The van der Waals surface area contributed by atoms with E-state index in [-0.39, 0.29) is 16.9 Å². The van der Waals surface area contributed by atoms with Crippen LogP contribution in [0, 0.1) is 11.3 Å². The number of amides is 1. The van der Waals surface area contributed by atoms with Crippen LogP contribution in [0.4, 0.5) is 5.82 Å². The maximum atomic E-state index is 12.8. The fraction of sp³-hybridized carbons (Fsp3) is 0.421. The number of benzene rings is 1. The minimum atomic E-state index is -0.950. The SMILES string of the molecule is CC(C)C1(C(=O)Nc2csc(-c3ccc(C(=O)O)cc3)n2)CCCC1. The summed E-state index contributed by atoms with van der Waals surface area (Å²) in [6.45, 7) is 4.22. The smallest absolute Gasteiger partial charge is 0.335 e. The van der Waals surface area contributed by atoms with Crippen molar-refractivity contribution in [2.45, 2.75) is 39.5 Å². The second-order valence-electron chi connectivity index (χ2n) is 6.89. The van der Waals surface area contributed by atoms with Crippen molar-refractivity contribution < 1.29 is 14.7 Å². The van der Waals surface area contributed by atoms with Gasteiger partial charge in [0, 0.05) is 10.9 Å². The molecule has 1 saturated carbocycles. The molecule has 0 radical (unpaired) electrons. The highest BCUT2D eigenvalue weighted by atomic mass is 32.1. The molecule has 0 saturated heterocycles. The van der Waals surface area contributed by atoms with Crippen LogP contribution in [-0.4, -0.2) is 22.0 Å². The van der Waals surface area contributed by atoms with E-state index in [0.29, 0.717) is 11.7 Å². The maximum absolute atomic E-state index is 12.8. The van der Waals surface area contributed by atoms with E-state index in [0.717, 1.165) is 36.3 Å². The largest absolute Gasteiger partial charge is 0.478 e. The normalized spacial score (nSPS) is 16.1. The lowest BCUT2D eigenvalue weighted by molar-refractivity contribution is -0.127. The zero-order valence-corrected chi connectivity index (χ0v) is 15.2. The molecule has 1 aromatic heterocycles. The Labute approximate surface area is 151 Å². The molecule has 5 nitrogen and oxygen atoms in total. The number of hydrogen-bond donors (Lipinski definition) is 2. The Kier molecular flexibility index (Phi) is 4.90. The molecule has 1 amide bonds. The Morgan fingerprint density at radius 1 is 1.20 bits per heavy atom. The average molecular weight is 358 g/mol. The Morgan fingerprint density at radius 2 is 1.84 bits per heavy atom. The minimum Gasteiger partial charge on any atom is -0.478 e. The number of aromatic carboxylic acids is 1. The highest BCUT2D eigenvalue weighted by Gasteiger charge is 2.43. The first-order valence-corrected chi connectivity index (χ1v) is 9.41. The molecule has 1 fully saturated rings. The van der Waals surface area contributed by atoms with Crippen LogP contribution in [0.3, 0.4) is 0 Å². The van der Waals surface area contributed by atoms with Gasteiger partial charge in [-0.25, -0.2) is 9.78 Å². The predicted molar refractivity (Wildman–Crippen MR) is 98.9 cm³/mol. The van der Waals surface area contributed by atoms with Crippen LogP contribution in [0.15, 0.2) is 29.6 Å². The van der Waals surface area contributed by atoms with Gasteiger partial charge >= 0.3 is 5.97 Å². The van der Waals surface area contributed by atoms with Crippen molar-refractivity contribution in [3.05, 3.63) is 35.2 Å². The van der Waals surface area contributed by atoms with Gasteiger partial charge in [0.25, 0.3) is 0 Å². The first kappa shape index (κ1) is 17.6. The third-order valence-corrected chi connectivity index (χ3v) is 6.07. The van der Waals surface area contributed by atoms with Crippen molar-refractivity contribution in [1.29, 1.82) is 0 Å². The molecule has 1 heterocycles. The number of rotatable bonds is 5. The molecule has 132 valence electrons. The minimum absolute atomic E-state index is 0.0677. The molecule has 0 bridgehead atoms. The zero-order chi connectivity index (χ0) is 18.0. The lowest BCUT2D eigenvalue weighted by Gasteiger charge is -2.31. The Morgan fingerprint density at radius 3 is 2.40 bits per heavy atom. The molecular formula is C19H22N2O3S. The molecule has 0 unspecified atom stereocenters. The summed E-state index contributed by atoms with van der Waals surface area (Å²) < 4.78 is 0. The number of nitrogens with zero attached hydrogens (tertiary/aromatic N) is 1. The van der Waals surface area contributed by atoms with Crippen LogP contribution >= 0.6 is 11.3 Å². The van der Waals surface area contributed by atoms with Crippen molar-refractivity contribution in [3.63, 3.8) is 0 Å². The summed E-state index contributed by atoms with van der Waals surface area (Å²) in [4.78, 5) is 28.3. The van der Waals surface area contributed by atoms with Crippen LogP contribution in [0.25, 0.3) is 10.6 Å². The maximum Gasteiger partial charge on any atom is 0.335 e. The van der Waals surface area contributed by atoms with Crippen molar-refractivity contribution in [3.8, 4) is 10.6 Å². The van der Waals surface area contributed by atoms with Crippen LogP contribution in [0.2, 0.25) is 0 Å². The second-order valence-corrected chi connectivity index (χ2v) is 7.75. The summed E-state index contributed by atoms with van der Waals surface area (Å²) in [7, 11) is 0. The molecule has 2 aromatic rings. The van der Waals surface area contributed by atoms with Gasteiger partial charge in [-0.15, -0.1) is 11.3 Å². The second kappa shape index (κ2) is 6.96. The van der Waals surface area contributed by atoms with E-state index in [4.69, 9.17) is 5.11 Å². The number of aromatic nitrogens is 1. The molecule has 0 spiro atoms. The third-order valence-electron chi connectivity index (χ3n) is 5.18. The predicted octanol–water partition coefficient (Wildman–Crippen LogP) is 4.66. The summed E-state index contributed by atoms with van der Waals surface area (Å²) >= 11 is 1.44. The van der Waals surface area contributed by atoms with E-state index in [1.54, 1.807) is 24.3 Å². The van der Waals surface area contributed by atoms with E-state index >= 15 is 0 Å². The number of anilines is 1. The molecule has 3 rings (SSSR count). The van der Waals surface area contributed by atoms with Gasteiger partial charge < -0.3 is 10.4 Å². The zero-order valence-electron chi connectivity index (χ0n) is 14.4. The van der Waals surface area contributed by atoms with Crippen molar-refractivity contribution in [2.75, 3.05) is 5.32 Å². The quantitative estimate of drug-likeness (QED) is 0.814. The van der Waals surface area contributed by atoms with Crippen LogP contribution < -0.4 is 5.32 Å². The summed E-state index contributed by atoms with van der Waals surface area (Å²) in [6, 6.07) is 6.59. The van der Waals surface area contributed by atoms with Gasteiger partial charge in [0.2, 0.25) is 5.91 Å². The summed E-state index contributed by atoms with van der Waals surface area (Å²) in [5.74, 6) is -0.0110. The lowest BCUT2D eigenvalue weighted by atomic mass is 9.75. The topological polar surface area (TPSA) is 79.3 Å². The van der Waals surface area contributed by atoms with E-state index in [9.17, 15) is 9.59 Å². The number of carbonyl (C=O) groups excluding carboxylic acids is 1.